The molecule has 0 rings (SSSR count). The molecule has 0 bridgehead atoms. The maximum atomic E-state index is 9.00. The van der Waals surface area contributed by atoms with Gasteiger partial charge in [-0.25, -0.2) is 0 Å². The Hall–Kier alpha value is -1.40. The summed E-state index contributed by atoms with van der Waals surface area (Å²) >= 11 is 0. The Morgan fingerprint density at radius 2 is 0.667 bits per heavy atom. The minimum Gasteiger partial charge on any atom is -0.481 e. The number of aliphatic carboxylic acids is 4. The summed E-state index contributed by atoms with van der Waals surface area (Å²) in [6.07, 6.45) is 0. The zero-order valence-corrected chi connectivity index (χ0v) is 15.3. The van der Waals surface area contributed by atoms with Gasteiger partial charge in [0.05, 0.1) is 0 Å². The SMILES string of the molecule is CC(=O)O.CC(=O)O.CC(=O)O.CC(=O)O.NCCN.[Sn]. The minimum absolute atomic E-state index is 0. The predicted octanol–water partition coefficient (Wildman–Crippen LogP) is -1.11. The Bertz CT molecular complexity index is 195. The molecule has 0 heterocycles. The fraction of sp³-hybridized carbons (Fsp3) is 0.600. The van der Waals surface area contributed by atoms with Gasteiger partial charge in [0.2, 0.25) is 0 Å². The molecule has 0 unspecified atom stereocenters. The van der Waals surface area contributed by atoms with E-state index >= 15 is 0 Å². The molecule has 0 aromatic rings. The van der Waals surface area contributed by atoms with Crippen LogP contribution in [0.15, 0.2) is 0 Å². The van der Waals surface area contributed by atoms with E-state index in [1.165, 1.54) is 0 Å². The molecule has 10 nitrogen and oxygen atoms in total. The van der Waals surface area contributed by atoms with Crippen molar-refractivity contribution in [3.05, 3.63) is 0 Å². The fourth-order valence-electron chi connectivity index (χ4n) is 0. The first-order chi connectivity index (χ1) is 8.84. The Kier molecular flexibility index (Phi) is 63.4. The Labute approximate surface area is 140 Å². The average molecular weight is 419 g/mol. The van der Waals surface area contributed by atoms with Gasteiger partial charge in [-0.3, -0.25) is 19.2 Å². The van der Waals surface area contributed by atoms with Crippen LogP contribution in [0.1, 0.15) is 27.7 Å². The van der Waals surface area contributed by atoms with Crippen molar-refractivity contribution in [3.63, 3.8) is 0 Å². The first-order valence-electron chi connectivity index (χ1n) is 5.03. The number of carbonyl (C=O) groups is 4. The Morgan fingerprint density at radius 1 is 0.619 bits per heavy atom. The van der Waals surface area contributed by atoms with Gasteiger partial charge >= 0.3 is 0 Å². The molecule has 0 aromatic carbocycles. The van der Waals surface area contributed by atoms with Crippen molar-refractivity contribution < 1.29 is 39.6 Å². The standard InChI is InChI=1S/C2H8N2.4C2H4O2.Sn/c3-1-2-4;4*1-2(3)4;/h1-4H2;4*1H3,(H,3,4);. The number of carboxylic acids is 4. The molecule has 0 amide bonds. The number of nitrogens with two attached hydrogens (primary N) is 2. The van der Waals surface area contributed by atoms with Crippen molar-refractivity contribution in [1.29, 1.82) is 0 Å². The van der Waals surface area contributed by atoms with Crippen LogP contribution in [-0.2, 0) is 19.2 Å². The summed E-state index contributed by atoms with van der Waals surface area (Å²) in [5.74, 6) is -3.33. The number of rotatable bonds is 1. The van der Waals surface area contributed by atoms with Crippen LogP contribution >= 0.6 is 0 Å². The van der Waals surface area contributed by atoms with Crippen molar-refractivity contribution in [2.24, 2.45) is 11.5 Å². The molecular formula is C10H24N2O8Sn. The van der Waals surface area contributed by atoms with Gasteiger partial charge in [0, 0.05) is 64.7 Å². The number of carboxylic acid groups (broad SMARTS) is 4. The Balaban J connectivity index is -0.0000000331. The van der Waals surface area contributed by atoms with Crippen LogP contribution in [-0.4, -0.2) is 81.3 Å². The van der Waals surface area contributed by atoms with Crippen molar-refractivity contribution >= 4 is 47.8 Å². The molecule has 21 heavy (non-hydrogen) atoms. The second kappa shape index (κ2) is 36.3. The van der Waals surface area contributed by atoms with Crippen molar-refractivity contribution in [3.8, 4) is 0 Å². The molecule has 0 saturated heterocycles. The van der Waals surface area contributed by atoms with Gasteiger partial charge < -0.3 is 31.9 Å². The van der Waals surface area contributed by atoms with Gasteiger partial charge in [-0.2, -0.15) is 0 Å². The molecule has 0 aliphatic heterocycles. The maximum Gasteiger partial charge on any atom is 0.300 e. The van der Waals surface area contributed by atoms with Crippen LogP contribution in [0.3, 0.4) is 0 Å². The van der Waals surface area contributed by atoms with Crippen LogP contribution in [0.4, 0.5) is 0 Å². The molecule has 0 atom stereocenters. The summed E-state index contributed by atoms with van der Waals surface area (Å²) in [5, 5.41) is 29.7. The second-order valence-corrected chi connectivity index (χ2v) is 2.65. The average Bonchev–Trinajstić information content (AvgIpc) is 2.13. The van der Waals surface area contributed by atoms with E-state index in [0.717, 1.165) is 27.7 Å². The summed E-state index contributed by atoms with van der Waals surface area (Å²) in [4.78, 5) is 36.0. The first kappa shape index (κ1) is 36.7. The van der Waals surface area contributed by atoms with Gasteiger partial charge in [0.1, 0.15) is 0 Å². The van der Waals surface area contributed by atoms with E-state index in [2.05, 4.69) is 0 Å². The van der Waals surface area contributed by atoms with Crippen molar-refractivity contribution in [1.82, 2.24) is 0 Å². The third-order valence-electron chi connectivity index (χ3n) is 0.167. The summed E-state index contributed by atoms with van der Waals surface area (Å²) < 4.78 is 0. The zero-order valence-electron chi connectivity index (χ0n) is 12.5. The second-order valence-electron chi connectivity index (χ2n) is 2.65. The maximum absolute atomic E-state index is 9.00. The number of hydrogen-bond donors (Lipinski definition) is 6. The van der Waals surface area contributed by atoms with Gasteiger partial charge in [-0.1, -0.05) is 0 Å². The first-order valence-corrected chi connectivity index (χ1v) is 5.03. The molecule has 8 N–H and O–H groups in total. The van der Waals surface area contributed by atoms with Crippen LogP contribution in [0, 0.1) is 0 Å². The van der Waals surface area contributed by atoms with Gasteiger partial charge in [-0.15, -0.1) is 0 Å². The van der Waals surface area contributed by atoms with Gasteiger partial charge in [0.15, 0.2) is 0 Å². The van der Waals surface area contributed by atoms with E-state index in [-0.39, 0.29) is 23.9 Å². The van der Waals surface area contributed by atoms with E-state index in [1.807, 2.05) is 0 Å². The predicted molar refractivity (Wildman–Crippen MR) is 77.1 cm³/mol. The normalized spacial score (nSPS) is 6.19. The van der Waals surface area contributed by atoms with Crippen LogP contribution in [0.5, 0.6) is 0 Å². The summed E-state index contributed by atoms with van der Waals surface area (Å²) in [7, 11) is 0. The summed E-state index contributed by atoms with van der Waals surface area (Å²) in [5.41, 5.74) is 9.81. The molecule has 0 saturated carbocycles. The quantitative estimate of drug-likeness (QED) is 0.283. The van der Waals surface area contributed by atoms with Crippen molar-refractivity contribution in [2.45, 2.75) is 27.7 Å². The summed E-state index contributed by atoms with van der Waals surface area (Å²) in [6.45, 7) is 5.53. The van der Waals surface area contributed by atoms with Crippen molar-refractivity contribution in [2.75, 3.05) is 13.1 Å². The van der Waals surface area contributed by atoms with Gasteiger partial charge in [-0.05, 0) is 0 Å². The number of hydrogen-bond acceptors (Lipinski definition) is 6. The van der Waals surface area contributed by atoms with E-state index < -0.39 is 23.9 Å². The van der Waals surface area contributed by atoms with Gasteiger partial charge in [0.25, 0.3) is 23.9 Å². The molecule has 4 radical (unpaired) electrons. The van der Waals surface area contributed by atoms with E-state index in [1.54, 1.807) is 0 Å². The van der Waals surface area contributed by atoms with E-state index in [4.69, 9.17) is 51.1 Å². The van der Waals surface area contributed by atoms with Crippen LogP contribution in [0.2, 0.25) is 0 Å². The largest absolute Gasteiger partial charge is 0.481 e. The Morgan fingerprint density at radius 3 is 0.667 bits per heavy atom. The molecule has 0 spiro atoms. The molecule has 11 heteroatoms. The summed E-state index contributed by atoms with van der Waals surface area (Å²) in [6, 6.07) is 0. The zero-order chi connectivity index (χ0) is 17.7. The monoisotopic (exact) mass is 420 g/mol. The minimum atomic E-state index is -0.833. The third kappa shape index (κ3) is 31800. The molecular weight excluding hydrogens is 395 g/mol. The third-order valence-corrected chi connectivity index (χ3v) is 0.167. The smallest absolute Gasteiger partial charge is 0.300 e. The topological polar surface area (TPSA) is 201 Å². The molecule has 0 fully saturated rings. The molecule has 0 aliphatic rings. The van der Waals surface area contributed by atoms with E-state index in [0.29, 0.717) is 13.1 Å². The van der Waals surface area contributed by atoms with Crippen LogP contribution in [0.25, 0.3) is 0 Å². The van der Waals surface area contributed by atoms with Crippen LogP contribution < -0.4 is 11.5 Å². The molecule has 0 aliphatic carbocycles. The molecule has 0 aromatic heterocycles. The van der Waals surface area contributed by atoms with E-state index in [9.17, 15) is 0 Å². The fourth-order valence-corrected chi connectivity index (χ4v) is 0. The molecule has 126 valence electrons.